The second-order valence-electron chi connectivity index (χ2n) is 18.9. The number of aromatic hydroxyl groups is 2. The highest BCUT2D eigenvalue weighted by Crippen LogP contribution is 2.35. The molecule has 0 amide bonds. The van der Waals surface area contributed by atoms with Gasteiger partial charge in [-0.15, -0.1) is 0 Å². The molecule has 0 unspecified atom stereocenters. The first-order valence-corrected chi connectivity index (χ1v) is 33.4. The van der Waals surface area contributed by atoms with Crippen LogP contribution in [0, 0.1) is 49.1 Å². The number of hydrogen-bond acceptors (Lipinski definition) is 25. The minimum absolute atomic E-state index is 0. The molecule has 1 aromatic heterocycles. The number of aromatic amines is 1. The second-order valence-corrected chi connectivity index (χ2v) is 22.8. The molecule has 0 aliphatic carbocycles. The van der Waals surface area contributed by atoms with Gasteiger partial charge in [-0.3, -0.25) is 35.1 Å². The van der Waals surface area contributed by atoms with E-state index in [1.54, 1.807) is 43.5 Å². The van der Waals surface area contributed by atoms with Gasteiger partial charge >= 0.3 is 29.8 Å². The molecule has 0 saturated carbocycles. The van der Waals surface area contributed by atoms with E-state index in [0.29, 0.717) is 47.2 Å². The Morgan fingerprint density at radius 3 is 1.31 bits per heavy atom. The van der Waals surface area contributed by atoms with Crippen molar-refractivity contribution in [1.82, 2.24) is 4.98 Å². The van der Waals surface area contributed by atoms with Crippen LogP contribution in [0.25, 0.3) is 10.9 Å². The number of H-pyrrole nitrogens is 1. The number of phenolic OH excluding ortho intramolecular Hbond substituents is 2. The maximum absolute atomic E-state index is 11.9. The van der Waals surface area contributed by atoms with E-state index in [1.807, 2.05) is 43.0 Å². The first-order chi connectivity index (χ1) is 52.0. The lowest BCUT2D eigenvalue weighted by Gasteiger charge is -2.12. The average Bonchev–Trinajstić information content (AvgIpc) is 0.792. The summed E-state index contributed by atoms with van der Waals surface area (Å²) in [5, 5.41) is 52.0. The van der Waals surface area contributed by atoms with Crippen LogP contribution in [0.4, 0.5) is 34.1 Å². The van der Waals surface area contributed by atoms with Crippen LogP contribution in [-0.4, -0.2) is 281 Å². The first-order valence-electron chi connectivity index (χ1n) is 29.4. The van der Waals surface area contributed by atoms with Crippen LogP contribution < -0.4 is 36.4 Å². The number of para-hydroxylation sites is 1. The van der Waals surface area contributed by atoms with Crippen LogP contribution >= 0.6 is 79.6 Å². The maximum atomic E-state index is 11.9. The third-order valence-electron chi connectivity index (χ3n) is 11.2. The smallest absolute Gasteiger partial charge is 0.384 e. The number of phenols is 2. The molecule has 36 radical (unpaired) electrons. The highest BCUT2D eigenvalue weighted by atomic mass is 79.9. The quantitative estimate of drug-likeness (QED) is 0.00894. The summed E-state index contributed by atoms with van der Waals surface area (Å²) in [7, 11) is 78.3. The average molecular weight is 1860 g/mol. The number of aryl methyl sites for hydroxylation is 1. The summed E-state index contributed by atoms with van der Waals surface area (Å²) in [5.41, 5.74) is 12.7. The number of benzene rings is 6. The molecule has 0 aliphatic heterocycles. The number of nitro groups is 3. The molecule has 0 spiro atoms. The fraction of sp³-hybridized carbons (Fsp3) is 0.186. The first kappa shape index (κ1) is 125. The van der Waals surface area contributed by atoms with Gasteiger partial charge in [0, 0.05) is 213 Å². The Bertz CT molecular complexity index is 4090. The van der Waals surface area contributed by atoms with Crippen LogP contribution in [0.2, 0.25) is 0 Å². The Kier molecular flexibility index (Phi) is 78.2. The van der Waals surface area contributed by atoms with Crippen molar-refractivity contribution in [2.45, 2.75) is 21.8 Å². The molecule has 0 fully saturated rings. The van der Waals surface area contributed by atoms with Gasteiger partial charge in [0.25, 0.3) is 17.1 Å². The third-order valence-corrected chi connectivity index (χ3v) is 15.4. The molecule has 115 heavy (non-hydrogen) atoms. The number of nitrogens with two attached hydrogens (primary N) is 2. The Hall–Kier alpha value is -8.39. The SMILES string of the molecule is C.C.COC(=O)/C=C(/Nc1cccc(OC)c1Br)C(=O)OC.COC(=O)C#CC(=O)OC.COC(=O)c1cc(=O)c2ccc(OC)c(Br)c2[nH]1.COc1cccc(N)c1Br.Cc1cccc([N+](=O)[O-])c1Br.Nc1c(O)cccc1[N+](=O)[O-].O=[N+]([O-])c1cccc(O)c1Br.[2HH].[B].[B].[B]B([B])B([B])[B].[B]B([B])[B].[B][B].[B][B]B([B])[B].[B][B][B]. The minimum atomic E-state index is -0.759. The van der Waals surface area contributed by atoms with Gasteiger partial charge in [-0.1, -0.05) is 51.3 Å². The summed E-state index contributed by atoms with van der Waals surface area (Å²) in [6, 6.07) is 28.2. The van der Waals surface area contributed by atoms with Crippen molar-refractivity contribution in [3.8, 4) is 40.6 Å². The number of ether oxygens (including phenoxy) is 8. The largest absolute Gasteiger partial charge is 0.507 e. The summed E-state index contributed by atoms with van der Waals surface area (Å²) in [4.78, 5) is 98.7. The van der Waals surface area contributed by atoms with Crippen molar-refractivity contribution in [3.05, 3.63) is 195 Å². The number of carbonyl (C=O) groups excluding carboxylic acids is 5. The Morgan fingerprint density at radius 2 is 0.957 bits per heavy atom. The van der Waals surface area contributed by atoms with E-state index < -0.39 is 70.2 Å². The van der Waals surface area contributed by atoms with E-state index >= 15 is 0 Å². The number of rotatable bonds is 13. The van der Waals surface area contributed by atoms with Crippen molar-refractivity contribution in [3.63, 3.8) is 0 Å². The molecule has 6 aromatic carbocycles. The van der Waals surface area contributed by atoms with Crippen LogP contribution in [0.15, 0.2) is 148 Å². The van der Waals surface area contributed by atoms with Crippen molar-refractivity contribution >= 4 is 319 Å². The Morgan fingerprint density at radius 1 is 0.565 bits per heavy atom. The highest BCUT2D eigenvalue weighted by Gasteiger charge is 2.19. The van der Waals surface area contributed by atoms with Crippen molar-refractivity contribution in [2.24, 2.45) is 0 Å². The number of pyridine rings is 1. The summed E-state index contributed by atoms with van der Waals surface area (Å²) in [6.07, 6.45) is -1.30. The number of nitro benzene ring substituents is 3. The van der Waals surface area contributed by atoms with Crippen LogP contribution in [0.1, 0.15) is 32.3 Å². The molecule has 7 aromatic rings. The molecule has 7 rings (SSSR count). The van der Waals surface area contributed by atoms with Gasteiger partial charge < -0.3 is 69.9 Å². The minimum Gasteiger partial charge on any atom is -0.507 e. The van der Waals surface area contributed by atoms with E-state index in [0.717, 1.165) is 28.9 Å². The molecule has 0 aliphatic rings. The number of esters is 5. The number of nitrogens with zero attached hydrogens (tertiary/aromatic N) is 3. The highest BCUT2D eigenvalue weighted by molar-refractivity contribution is 9.11. The summed E-state index contributed by atoms with van der Waals surface area (Å²) in [6.45, 7) is 1.82. The van der Waals surface area contributed by atoms with E-state index in [-0.39, 0.29) is 88.6 Å². The summed E-state index contributed by atoms with van der Waals surface area (Å²) >= 11 is 16.0. The number of anilines is 3. The number of carbonyl (C=O) groups is 5. The Balaban J connectivity index is -0.000000137. The predicted molar refractivity (Wildman–Crippen MR) is 493 cm³/mol. The number of methoxy groups -OCH3 is 8. The molecule has 1 heterocycles. The van der Waals surface area contributed by atoms with Gasteiger partial charge in [0.15, 0.2) is 11.1 Å². The van der Waals surface area contributed by atoms with Gasteiger partial charge in [-0.2, -0.15) is 0 Å². The zero-order chi connectivity index (χ0) is 87.0. The molecule has 56 heteroatoms. The Labute approximate surface area is 738 Å². The normalized spacial score (nSPS) is 8.66. The lowest BCUT2D eigenvalue weighted by atomic mass is 8.81. The zero-order valence-corrected chi connectivity index (χ0v) is 69.5. The van der Waals surface area contributed by atoms with E-state index in [1.165, 1.54) is 105 Å². The zero-order valence-electron chi connectivity index (χ0n) is 61.6. The standard InChI is InChI=1S/C13H14BrNO5.C12H10BrNO4.C7H6BrNO2.C7H8BrNO.C6H4BrNO3.C6H6N2O3.C6H6O4.2CH4.B6.B5.B4.B3.B2.2B.H2/c1-18-10-6-4-5-8(12(10)14)15-9(13(17)20-3)7-11(16)19-2;1-17-9-4-3-6-8(15)5-7(12(16)18-2)14-11(6)10(9)13;1-5-3-2-4-6(7(5)8)9(10)11;1-10-6-4-2-3-5(9)7(6)8;2*7-6-4(8(10)11)2-1-3-5(6)9;1-9-5(7)3-4-6(8)10-2;;;1-5(2)6(3)4;1-4-5(2)3;1-4(2)3;1-3-2;1-2;;;/h4-7,15H,1-3H3;3-5H,1-2H3,(H,14,15);2-4H,1H3;2-4H,9H2,1H3;1-3,9H;1-3,9H,7H2;1-2H3;2*1H4;;;;;;;;1H/b9-7+;;;;;;;;;;;;;;;;/i;;;;;;;;;;;;;;;;1+1. The van der Waals surface area contributed by atoms with Gasteiger partial charge in [0.1, 0.15) is 44.6 Å². The van der Waals surface area contributed by atoms with Gasteiger partial charge in [-0.05, 0) is 141 Å². The predicted octanol–water partition coefficient (Wildman–Crippen LogP) is 4.31. The third kappa shape index (κ3) is 53.5. The summed E-state index contributed by atoms with van der Waals surface area (Å²) < 4.78 is 39.9. The second kappa shape index (κ2) is 72.1. The number of halogens is 5. The van der Waals surface area contributed by atoms with Crippen LogP contribution in [-0.2, 0) is 42.9 Å². The van der Waals surface area contributed by atoms with Crippen LogP contribution in [0.5, 0.6) is 28.7 Å². The fourth-order valence-corrected chi connectivity index (χ4v) is 8.37. The van der Waals surface area contributed by atoms with E-state index in [4.69, 9.17) is 90.1 Å². The van der Waals surface area contributed by atoms with Crippen molar-refractivity contribution < 1.29 is 88.3 Å². The maximum Gasteiger partial charge on any atom is 0.384 e. The molecular weight excluding hydrogens is 1800 g/mol. The molecule has 0 bridgehead atoms. The summed E-state index contributed by atoms with van der Waals surface area (Å²) in [5.74, 6) is 1.85. The van der Waals surface area contributed by atoms with Gasteiger partial charge in [0.05, 0.1) is 107 Å². The number of aromatic nitrogens is 1. The van der Waals surface area contributed by atoms with Crippen LogP contribution in [0.3, 0.4) is 0 Å². The number of nitrogen functional groups attached to an aromatic ring is 2. The number of fused-ring (bicyclic) bond motifs is 1. The topological polar surface area (TPSA) is 426 Å². The monoisotopic (exact) mass is 1860 g/mol. The van der Waals surface area contributed by atoms with Crippen molar-refractivity contribution in [2.75, 3.05) is 73.7 Å². The lowest BCUT2D eigenvalue weighted by molar-refractivity contribution is -0.385. The lowest BCUT2D eigenvalue weighted by Crippen LogP contribution is -2.38. The molecule has 0 saturated heterocycles. The molecule has 0 atom stereocenters. The van der Waals surface area contributed by atoms with Gasteiger partial charge in [-0.25, -0.2) is 24.0 Å². The molecule has 568 valence electrons. The fourth-order valence-electron chi connectivity index (χ4n) is 6.00. The number of nitrogens with one attached hydrogen (secondary N) is 2. The molecule has 8 N–H and O–H groups in total. The number of hydrogen-bond donors (Lipinski definition) is 6. The molecular formula is C59H64B22Br5N7O22. The van der Waals surface area contributed by atoms with Crippen molar-refractivity contribution in [1.29, 1.82) is 0 Å². The van der Waals surface area contributed by atoms with Gasteiger partial charge in [0.2, 0.25) is 0 Å². The van der Waals surface area contributed by atoms with E-state index in [2.05, 4.69) is 168 Å². The van der Waals surface area contributed by atoms with E-state index in [9.17, 15) is 59.1 Å². The molecule has 29 nitrogen and oxygen atoms in total.